The van der Waals surface area contributed by atoms with Gasteiger partial charge in [0.05, 0.1) is 18.0 Å². The summed E-state index contributed by atoms with van der Waals surface area (Å²) in [5.74, 6) is 0.189. The maximum absolute atomic E-state index is 12.4. The Kier molecular flexibility index (Phi) is 11.1. The molecule has 1 atom stereocenters. The average molecular weight is 589 g/mol. The zero-order chi connectivity index (χ0) is 29.3. The van der Waals surface area contributed by atoms with Crippen LogP contribution in [0.25, 0.3) is 0 Å². The first-order chi connectivity index (χ1) is 19.6. The molecule has 0 aromatic heterocycles. The first-order valence-corrected chi connectivity index (χ1v) is 16.3. The highest BCUT2D eigenvalue weighted by Crippen LogP contribution is 2.35. The number of nitrogens with zero attached hydrogens (tertiary/aromatic N) is 1. The number of hydrogen-bond donors (Lipinski definition) is 1. The van der Waals surface area contributed by atoms with Gasteiger partial charge in [0.2, 0.25) is 15.8 Å². The van der Waals surface area contributed by atoms with E-state index in [0.29, 0.717) is 19.7 Å². The molecular weight excluding hydrogens is 544 g/mol. The molecule has 9 nitrogen and oxygen atoms in total. The van der Waals surface area contributed by atoms with Gasteiger partial charge >= 0.3 is 6.09 Å². The molecule has 4 rings (SSSR count). The van der Waals surface area contributed by atoms with Crippen LogP contribution in [0.2, 0.25) is 0 Å². The number of cyclic esters (lactones) is 1. The van der Waals surface area contributed by atoms with Crippen molar-refractivity contribution >= 4 is 16.1 Å². The summed E-state index contributed by atoms with van der Waals surface area (Å²) < 4.78 is 46.0. The fourth-order valence-electron chi connectivity index (χ4n) is 5.15. The van der Waals surface area contributed by atoms with Crippen LogP contribution in [-0.4, -0.2) is 51.5 Å². The lowest BCUT2D eigenvalue weighted by atomic mass is 10.0. The van der Waals surface area contributed by atoms with Gasteiger partial charge in [-0.25, -0.2) is 18.4 Å². The van der Waals surface area contributed by atoms with E-state index >= 15 is 0 Å². The van der Waals surface area contributed by atoms with Gasteiger partial charge in [-0.1, -0.05) is 43.9 Å². The molecule has 0 unspecified atom stereocenters. The van der Waals surface area contributed by atoms with Crippen LogP contribution in [0.5, 0.6) is 5.75 Å². The third-order valence-corrected chi connectivity index (χ3v) is 8.38. The zero-order valence-corrected chi connectivity index (χ0v) is 25.1. The van der Waals surface area contributed by atoms with E-state index in [0.717, 1.165) is 93.4 Å². The Labute approximate surface area is 244 Å². The Morgan fingerprint density at radius 1 is 0.976 bits per heavy atom. The van der Waals surface area contributed by atoms with Gasteiger partial charge in [-0.05, 0) is 67.5 Å². The SMILES string of the molecule is CC1(C)OCc2cc([C@@H]3CN(CCCCCCOCCCCCCc4cccc(S(N)(=O)=O)c4)C(=O)O3)ccc2O1. The number of primary sulfonamides is 1. The number of carbonyl (C=O) groups is 1. The van der Waals surface area contributed by atoms with Gasteiger partial charge in [-0.3, -0.25) is 0 Å². The largest absolute Gasteiger partial charge is 0.463 e. The summed E-state index contributed by atoms with van der Waals surface area (Å²) in [7, 11) is -3.65. The van der Waals surface area contributed by atoms with E-state index in [1.807, 2.05) is 38.1 Å². The van der Waals surface area contributed by atoms with Crippen molar-refractivity contribution in [2.75, 3.05) is 26.3 Å². The predicted octanol–water partition coefficient (Wildman–Crippen LogP) is 5.85. The molecular formula is C31H44N2O7S. The first kappa shape index (κ1) is 31.3. The number of aryl methyl sites for hydroxylation is 1. The van der Waals surface area contributed by atoms with Crippen LogP contribution in [0.1, 0.15) is 88.0 Å². The Morgan fingerprint density at radius 3 is 2.46 bits per heavy atom. The van der Waals surface area contributed by atoms with Gasteiger partial charge in [-0.15, -0.1) is 0 Å². The van der Waals surface area contributed by atoms with E-state index in [9.17, 15) is 13.2 Å². The highest BCUT2D eigenvalue weighted by atomic mass is 32.2. The van der Waals surface area contributed by atoms with Gasteiger partial charge in [-0.2, -0.15) is 0 Å². The van der Waals surface area contributed by atoms with Crippen molar-refractivity contribution in [2.45, 2.75) is 95.0 Å². The minimum absolute atomic E-state index is 0.174. The van der Waals surface area contributed by atoms with Gasteiger partial charge in [0, 0.05) is 39.2 Å². The van der Waals surface area contributed by atoms with Gasteiger partial charge in [0.1, 0.15) is 11.9 Å². The topological polar surface area (TPSA) is 117 Å². The standard InChI is InChI=1S/C31H44N2O7S/c1-31(2)38-23-26-21-25(15-16-28(26)40-31)29-22-33(30(34)39-29)17-8-4-6-10-19-37-18-9-5-3-7-12-24-13-11-14-27(20-24)41(32,35)36/h11,13-16,20-21,29H,3-10,12,17-19,22-23H2,1-2H3,(H2,32,35,36)/t29-/m0/s1. The van der Waals surface area contributed by atoms with Crippen LogP contribution in [0, 0.1) is 0 Å². The molecule has 2 N–H and O–H groups in total. The fourth-order valence-corrected chi connectivity index (χ4v) is 5.73. The molecule has 10 heteroatoms. The summed E-state index contributed by atoms with van der Waals surface area (Å²) in [5.41, 5.74) is 2.95. The van der Waals surface area contributed by atoms with Crippen LogP contribution in [-0.2, 0) is 37.3 Å². The molecule has 226 valence electrons. The Morgan fingerprint density at radius 2 is 1.71 bits per heavy atom. The zero-order valence-electron chi connectivity index (χ0n) is 24.3. The fraction of sp³-hybridized carbons (Fsp3) is 0.581. The number of fused-ring (bicyclic) bond motifs is 1. The Hall–Kier alpha value is -2.66. The number of nitrogens with two attached hydrogens (primary N) is 1. The number of benzene rings is 2. The number of sulfonamides is 1. The average Bonchev–Trinajstić information content (AvgIpc) is 3.30. The molecule has 1 fully saturated rings. The van der Waals surface area contributed by atoms with Crippen LogP contribution in [0.4, 0.5) is 4.79 Å². The molecule has 0 spiro atoms. The molecule has 1 amide bonds. The number of amides is 1. The van der Waals surface area contributed by atoms with Crippen molar-refractivity contribution in [3.05, 3.63) is 59.2 Å². The number of hydrogen-bond acceptors (Lipinski definition) is 7. The summed E-state index contributed by atoms with van der Waals surface area (Å²) in [6.45, 7) is 7.06. The normalized spacial score (nSPS) is 18.2. The summed E-state index contributed by atoms with van der Waals surface area (Å²) in [6, 6.07) is 12.8. The van der Waals surface area contributed by atoms with Crippen LogP contribution in [0.15, 0.2) is 47.4 Å². The Bertz CT molecular complexity index is 1260. The third kappa shape index (κ3) is 9.70. The molecule has 0 bridgehead atoms. The van der Waals surface area contributed by atoms with E-state index < -0.39 is 15.8 Å². The van der Waals surface area contributed by atoms with Gasteiger partial charge < -0.3 is 23.8 Å². The van der Waals surface area contributed by atoms with Crippen molar-refractivity contribution in [3.8, 4) is 5.75 Å². The first-order valence-electron chi connectivity index (χ1n) is 14.7. The summed E-state index contributed by atoms with van der Waals surface area (Å²) in [5, 5.41) is 5.20. The lowest BCUT2D eigenvalue weighted by Gasteiger charge is -2.32. The second kappa shape index (κ2) is 14.5. The van der Waals surface area contributed by atoms with Crippen molar-refractivity contribution in [3.63, 3.8) is 0 Å². The second-order valence-electron chi connectivity index (χ2n) is 11.4. The monoisotopic (exact) mass is 588 g/mol. The van der Waals surface area contributed by atoms with Crippen LogP contribution < -0.4 is 9.88 Å². The van der Waals surface area contributed by atoms with E-state index in [-0.39, 0.29) is 17.1 Å². The van der Waals surface area contributed by atoms with E-state index in [1.54, 1.807) is 17.0 Å². The summed E-state index contributed by atoms with van der Waals surface area (Å²) in [4.78, 5) is 14.4. The van der Waals surface area contributed by atoms with E-state index in [1.165, 1.54) is 6.07 Å². The smallest absolute Gasteiger partial charge is 0.410 e. The molecule has 41 heavy (non-hydrogen) atoms. The molecule has 2 aliphatic heterocycles. The number of carbonyl (C=O) groups excluding carboxylic acids is 1. The lowest BCUT2D eigenvalue weighted by Crippen LogP contribution is -2.35. The molecule has 2 aliphatic rings. The molecule has 0 saturated carbocycles. The highest BCUT2D eigenvalue weighted by molar-refractivity contribution is 7.89. The lowest BCUT2D eigenvalue weighted by molar-refractivity contribution is -0.180. The quantitative estimate of drug-likeness (QED) is 0.244. The Balaban J connectivity index is 1.000. The highest BCUT2D eigenvalue weighted by Gasteiger charge is 2.33. The number of ether oxygens (including phenoxy) is 4. The molecule has 0 aliphatic carbocycles. The molecule has 0 radical (unpaired) electrons. The molecule has 2 aromatic rings. The van der Waals surface area contributed by atoms with Crippen molar-refractivity contribution in [2.24, 2.45) is 5.14 Å². The van der Waals surface area contributed by atoms with Crippen LogP contribution >= 0.6 is 0 Å². The number of rotatable bonds is 16. The van der Waals surface area contributed by atoms with Gasteiger partial charge in [0.25, 0.3) is 0 Å². The van der Waals surface area contributed by atoms with Crippen molar-refractivity contribution in [1.82, 2.24) is 4.90 Å². The van der Waals surface area contributed by atoms with E-state index in [2.05, 4.69) is 0 Å². The van der Waals surface area contributed by atoms with Crippen LogP contribution in [0.3, 0.4) is 0 Å². The van der Waals surface area contributed by atoms with Crippen molar-refractivity contribution in [1.29, 1.82) is 0 Å². The third-order valence-electron chi connectivity index (χ3n) is 7.47. The maximum Gasteiger partial charge on any atom is 0.410 e. The summed E-state index contributed by atoms with van der Waals surface area (Å²) >= 11 is 0. The minimum Gasteiger partial charge on any atom is -0.463 e. The maximum atomic E-state index is 12.4. The molecule has 2 aromatic carbocycles. The van der Waals surface area contributed by atoms with E-state index in [4.69, 9.17) is 24.1 Å². The molecule has 1 saturated heterocycles. The molecule has 2 heterocycles. The minimum atomic E-state index is -3.65. The van der Waals surface area contributed by atoms with Gasteiger partial charge in [0.15, 0.2) is 0 Å². The summed E-state index contributed by atoms with van der Waals surface area (Å²) in [6.07, 6.45) is 8.62. The predicted molar refractivity (Wildman–Crippen MR) is 156 cm³/mol. The van der Waals surface area contributed by atoms with Crippen molar-refractivity contribution < 1.29 is 32.2 Å². The number of unbranched alkanes of at least 4 members (excludes halogenated alkanes) is 6. The second-order valence-corrected chi connectivity index (χ2v) is 12.9.